The molecule has 0 aromatic carbocycles. The van der Waals surface area contributed by atoms with Gasteiger partial charge in [0.25, 0.3) is 0 Å². The van der Waals surface area contributed by atoms with Gasteiger partial charge in [-0.25, -0.2) is 0 Å². The van der Waals surface area contributed by atoms with E-state index in [4.69, 9.17) is 11.0 Å². The molecule has 96 valence electrons. The van der Waals surface area contributed by atoms with Crippen LogP contribution < -0.4 is 11.1 Å². The van der Waals surface area contributed by atoms with Gasteiger partial charge in [-0.2, -0.15) is 5.26 Å². The van der Waals surface area contributed by atoms with Crippen LogP contribution in [-0.2, 0) is 4.79 Å². The summed E-state index contributed by atoms with van der Waals surface area (Å²) in [5.74, 6) is 0.0285. The molecule has 1 heterocycles. The van der Waals surface area contributed by atoms with Gasteiger partial charge in [0.2, 0.25) is 5.91 Å². The number of nitriles is 1. The van der Waals surface area contributed by atoms with Crippen LogP contribution in [0, 0.1) is 16.7 Å². The average molecular weight is 238 g/mol. The highest BCUT2D eigenvalue weighted by molar-refractivity contribution is 5.78. The minimum Gasteiger partial charge on any atom is -0.341 e. The van der Waals surface area contributed by atoms with E-state index in [0.717, 1.165) is 25.9 Å². The summed E-state index contributed by atoms with van der Waals surface area (Å²) >= 11 is 0. The predicted octanol–water partition coefficient (Wildman–Crippen LogP) is 0.0755. The zero-order valence-electron chi connectivity index (χ0n) is 10.7. The van der Waals surface area contributed by atoms with E-state index in [2.05, 4.69) is 11.4 Å². The quantitative estimate of drug-likeness (QED) is 0.726. The van der Waals surface area contributed by atoms with E-state index in [0.29, 0.717) is 12.6 Å². The SMILES string of the molecule is CC(C)(C#N)CNC1CCN(C(=O)CN)CC1. The summed E-state index contributed by atoms with van der Waals surface area (Å²) in [5.41, 5.74) is 5.00. The fourth-order valence-corrected chi connectivity index (χ4v) is 1.90. The highest BCUT2D eigenvalue weighted by Crippen LogP contribution is 2.14. The number of amides is 1. The van der Waals surface area contributed by atoms with Crippen LogP contribution in [0.25, 0.3) is 0 Å². The molecule has 1 aliphatic rings. The van der Waals surface area contributed by atoms with Crippen molar-refractivity contribution in [1.29, 1.82) is 5.26 Å². The van der Waals surface area contributed by atoms with E-state index in [1.54, 1.807) is 0 Å². The molecule has 5 nitrogen and oxygen atoms in total. The molecule has 0 spiro atoms. The molecule has 0 aromatic heterocycles. The van der Waals surface area contributed by atoms with E-state index in [1.165, 1.54) is 0 Å². The van der Waals surface area contributed by atoms with Gasteiger partial charge >= 0.3 is 0 Å². The van der Waals surface area contributed by atoms with Crippen molar-refractivity contribution in [2.45, 2.75) is 32.7 Å². The highest BCUT2D eigenvalue weighted by atomic mass is 16.2. The minimum absolute atomic E-state index is 0.0285. The van der Waals surface area contributed by atoms with Crippen molar-refractivity contribution in [2.75, 3.05) is 26.2 Å². The molecular formula is C12H22N4O. The minimum atomic E-state index is -0.329. The fraction of sp³-hybridized carbons (Fsp3) is 0.833. The van der Waals surface area contributed by atoms with Crippen molar-refractivity contribution in [3.05, 3.63) is 0 Å². The Morgan fingerprint density at radius 3 is 2.59 bits per heavy atom. The van der Waals surface area contributed by atoms with Gasteiger partial charge < -0.3 is 16.0 Å². The number of likely N-dealkylation sites (tertiary alicyclic amines) is 1. The van der Waals surface area contributed by atoms with Crippen molar-refractivity contribution in [1.82, 2.24) is 10.2 Å². The molecule has 3 N–H and O–H groups in total. The molecule has 1 saturated heterocycles. The molecule has 1 amide bonds. The molecular weight excluding hydrogens is 216 g/mol. The Morgan fingerprint density at radius 2 is 2.12 bits per heavy atom. The Morgan fingerprint density at radius 1 is 1.53 bits per heavy atom. The first-order valence-corrected chi connectivity index (χ1v) is 6.11. The van der Waals surface area contributed by atoms with E-state index in [-0.39, 0.29) is 17.9 Å². The first-order chi connectivity index (χ1) is 7.98. The molecule has 0 radical (unpaired) electrons. The third kappa shape index (κ3) is 4.33. The molecule has 0 atom stereocenters. The van der Waals surface area contributed by atoms with Gasteiger partial charge in [-0.3, -0.25) is 4.79 Å². The second-order valence-corrected chi connectivity index (χ2v) is 5.24. The van der Waals surface area contributed by atoms with Gasteiger partial charge in [0.15, 0.2) is 0 Å². The lowest BCUT2D eigenvalue weighted by atomic mass is 9.94. The number of piperidine rings is 1. The lowest BCUT2D eigenvalue weighted by Crippen LogP contribution is -2.48. The lowest BCUT2D eigenvalue weighted by molar-refractivity contribution is -0.130. The van der Waals surface area contributed by atoms with E-state index < -0.39 is 0 Å². The largest absolute Gasteiger partial charge is 0.341 e. The van der Waals surface area contributed by atoms with Crippen molar-refractivity contribution in [2.24, 2.45) is 11.1 Å². The number of rotatable bonds is 4. The second-order valence-electron chi connectivity index (χ2n) is 5.24. The van der Waals surface area contributed by atoms with Crippen LogP contribution in [0.1, 0.15) is 26.7 Å². The zero-order chi connectivity index (χ0) is 12.9. The molecule has 0 aromatic rings. The van der Waals surface area contributed by atoms with Gasteiger partial charge in [0, 0.05) is 25.7 Å². The summed E-state index contributed by atoms with van der Waals surface area (Å²) < 4.78 is 0. The van der Waals surface area contributed by atoms with Gasteiger partial charge in [0.1, 0.15) is 0 Å². The smallest absolute Gasteiger partial charge is 0.236 e. The maximum atomic E-state index is 11.4. The third-order valence-electron chi connectivity index (χ3n) is 3.16. The number of hydrogen-bond donors (Lipinski definition) is 2. The molecule has 0 bridgehead atoms. The first kappa shape index (κ1) is 13.9. The Bertz CT molecular complexity index is 300. The van der Waals surface area contributed by atoms with E-state index in [9.17, 15) is 4.79 Å². The Labute approximate surface area is 103 Å². The van der Waals surface area contributed by atoms with Gasteiger partial charge in [-0.05, 0) is 26.7 Å². The summed E-state index contributed by atoms with van der Waals surface area (Å²) in [6.45, 7) is 6.17. The normalized spacial score (nSPS) is 17.9. The number of hydrogen-bond acceptors (Lipinski definition) is 4. The van der Waals surface area contributed by atoms with Gasteiger partial charge in [-0.15, -0.1) is 0 Å². The monoisotopic (exact) mass is 238 g/mol. The molecule has 5 heteroatoms. The number of nitrogens with two attached hydrogens (primary N) is 1. The standard InChI is InChI=1S/C12H22N4O/c1-12(2,8-14)9-15-10-3-5-16(6-4-10)11(17)7-13/h10,15H,3-7,9,13H2,1-2H3. The summed E-state index contributed by atoms with van der Waals surface area (Å²) in [6, 6.07) is 2.68. The van der Waals surface area contributed by atoms with Crippen LogP contribution in [0.15, 0.2) is 0 Å². The van der Waals surface area contributed by atoms with Crippen LogP contribution in [-0.4, -0.2) is 43.0 Å². The van der Waals surface area contributed by atoms with Gasteiger partial charge in [-0.1, -0.05) is 0 Å². The number of nitrogens with zero attached hydrogens (tertiary/aromatic N) is 2. The number of carbonyl (C=O) groups excluding carboxylic acids is 1. The highest BCUT2D eigenvalue weighted by Gasteiger charge is 2.24. The zero-order valence-corrected chi connectivity index (χ0v) is 10.7. The number of carbonyl (C=O) groups is 1. The molecule has 1 fully saturated rings. The van der Waals surface area contributed by atoms with Crippen LogP contribution in [0.5, 0.6) is 0 Å². The van der Waals surface area contributed by atoms with Crippen LogP contribution in [0.2, 0.25) is 0 Å². The van der Waals surface area contributed by atoms with Crippen LogP contribution in [0.3, 0.4) is 0 Å². The summed E-state index contributed by atoms with van der Waals surface area (Å²) in [7, 11) is 0. The maximum absolute atomic E-state index is 11.4. The third-order valence-corrected chi connectivity index (χ3v) is 3.16. The predicted molar refractivity (Wildman–Crippen MR) is 66.1 cm³/mol. The number of nitrogens with one attached hydrogen (secondary N) is 1. The van der Waals surface area contributed by atoms with Crippen molar-refractivity contribution >= 4 is 5.91 Å². The van der Waals surface area contributed by atoms with Crippen molar-refractivity contribution in [3.63, 3.8) is 0 Å². The average Bonchev–Trinajstić information content (AvgIpc) is 2.36. The summed E-state index contributed by atoms with van der Waals surface area (Å²) in [4.78, 5) is 13.2. The van der Waals surface area contributed by atoms with Crippen molar-refractivity contribution in [3.8, 4) is 6.07 Å². The summed E-state index contributed by atoms with van der Waals surface area (Å²) in [5, 5.41) is 12.3. The molecule has 0 unspecified atom stereocenters. The fourth-order valence-electron chi connectivity index (χ4n) is 1.90. The van der Waals surface area contributed by atoms with Crippen LogP contribution in [0.4, 0.5) is 0 Å². The molecule has 17 heavy (non-hydrogen) atoms. The first-order valence-electron chi connectivity index (χ1n) is 6.11. The van der Waals surface area contributed by atoms with E-state index >= 15 is 0 Å². The second kappa shape index (κ2) is 5.99. The summed E-state index contributed by atoms with van der Waals surface area (Å²) in [6.07, 6.45) is 1.88. The van der Waals surface area contributed by atoms with Crippen molar-refractivity contribution < 1.29 is 4.79 Å². The van der Waals surface area contributed by atoms with Gasteiger partial charge in [0.05, 0.1) is 18.0 Å². The molecule has 1 aliphatic heterocycles. The molecule has 1 rings (SSSR count). The lowest BCUT2D eigenvalue weighted by Gasteiger charge is -2.33. The maximum Gasteiger partial charge on any atom is 0.236 e. The Kier molecular flexibility index (Phi) is 4.91. The van der Waals surface area contributed by atoms with E-state index in [1.807, 2.05) is 18.7 Å². The van der Waals surface area contributed by atoms with Crippen LogP contribution >= 0.6 is 0 Å². The topological polar surface area (TPSA) is 82.2 Å². The Hall–Kier alpha value is -1.12. The Balaban J connectivity index is 2.29. The molecule has 0 aliphatic carbocycles. The molecule has 0 saturated carbocycles.